The average Bonchev–Trinajstić information content (AvgIpc) is 3.01. The van der Waals surface area contributed by atoms with Gasteiger partial charge in [0.25, 0.3) is 6.43 Å². The van der Waals surface area contributed by atoms with Gasteiger partial charge in [-0.2, -0.15) is 8.78 Å². The molecular weight excluding hydrogens is 620 g/mol. The molecular formula is C35H30F8O3. The van der Waals surface area contributed by atoms with Gasteiger partial charge >= 0.3 is 6.11 Å². The van der Waals surface area contributed by atoms with Gasteiger partial charge in [-0.25, -0.2) is 26.3 Å². The van der Waals surface area contributed by atoms with E-state index in [0.29, 0.717) is 24.3 Å². The molecule has 0 spiro atoms. The molecule has 0 aromatic heterocycles. The van der Waals surface area contributed by atoms with Crippen molar-refractivity contribution in [2.45, 2.75) is 51.4 Å². The molecule has 0 aliphatic carbocycles. The zero-order chi connectivity index (χ0) is 33.0. The van der Waals surface area contributed by atoms with E-state index in [1.807, 2.05) is 0 Å². The molecule has 0 atom stereocenters. The maximum atomic E-state index is 15.0. The minimum Gasteiger partial charge on any atom is -0.429 e. The number of hydrogen-bond donors (Lipinski definition) is 0. The Morgan fingerprint density at radius 3 is 1.93 bits per heavy atom. The third kappa shape index (κ3) is 7.53. The highest BCUT2D eigenvalue weighted by molar-refractivity contribution is 5.71. The zero-order valence-electron chi connectivity index (χ0n) is 24.7. The number of benzene rings is 4. The number of unbranched alkanes of at least 4 members (excludes halogenated alkanes) is 2. The van der Waals surface area contributed by atoms with Crippen LogP contribution in [-0.2, 0) is 15.6 Å². The molecule has 1 aliphatic heterocycles. The van der Waals surface area contributed by atoms with Gasteiger partial charge in [0.05, 0.1) is 18.8 Å². The number of ether oxygens (including phenoxy) is 3. The molecule has 0 radical (unpaired) electrons. The predicted octanol–water partition coefficient (Wildman–Crippen LogP) is 10.9. The van der Waals surface area contributed by atoms with Crippen molar-refractivity contribution in [3.63, 3.8) is 0 Å². The van der Waals surface area contributed by atoms with E-state index in [0.717, 1.165) is 68.1 Å². The minimum atomic E-state index is -4.39. The Balaban J connectivity index is 1.26. The summed E-state index contributed by atoms with van der Waals surface area (Å²) in [4.78, 5) is 0. The lowest BCUT2D eigenvalue weighted by atomic mass is 9.98. The van der Waals surface area contributed by atoms with Crippen LogP contribution >= 0.6 is 0 Å². The van der Waals surface area contributed by atoms with E-state index in [2.05, 4.69) is 11.7 Å². The summed E-state index contributed by atoms with van der Waals surface area (Å²) in [6.07, 6.45) is -4.47. The molecule has 3 nitrogen and oxygen atoms in total. The van der Waals surface area contributed by atoms with Gasteiger partial charge in [0, 0.05) is 17.0 Å². The van der Waals surface area contributed by atoms with Crippen molar-refractivity contribution in [2.75, 3.05) is 13.2 Å². The highest BCUT2D eigenvalue weighted by Crippen LogP contribution is 2.38. The first-order valence-electron chi connectivity index (χ1n) is 14.7. The molecule has 11 heteroatoms. The Morgan fingerprint density at radius 2 is 1.35 bits per heavy atom. The van der Waals surface area contributed by atoms with Gasteiger partial charge in [-0.3, -0.25) is 0 Å². The fourth-order valence-corrected chi connectivity index (χ4v) is 5.31. The van der Waals surface area contributed by atoms with Gasteiger partial charge in [0.2, 0.25) is 0 Å². The molecule has 0 N–H and O–H groups in total. The number of hydrogen-bond acceptors (Lipinski definition) is 3. The predicted molar refractivity (Wildman–Crippen MR) is 155 cm³/mol. The Morgan fingerprint density at radius 1 is 0.739 bits per heavy atom. The summed E-state index contributed by atoms with van der Waals surface area (Å²) in [5, 5.41) is 0. The quantitative estimate of drug-likeness (QED) is 0.119. The molecule has 4 aromatic carbocycles. The lowest BCUT2D eigenvalue weighted by Gasteiger charge is -2.30. The van der Waals surface area contributed by atoms with Gasteiger partial charge in [0.15, 0.2) is 6.29 Å². The van der Waals surface area contributed by atoms with Gasteiger partial charge in [-0.15, -0.1) is 0 Å². The monoisotopic (exact) mass is 650 g/mol. The molecule has 0 saturated carbocycles. The van der Waals surface area contributed by atoms with Crippen molar-refractivity contribution in [2.24, 2.45) is 5.92 Å². The van der Waals surface area contributed by atoms with Crippen LogP contribution in [0.15, 0.2) is 72.8 Å². The summed E-state index contributed by atoms with van der Waals surface area (Å²) in [5.41, 5.74) is -1.74. The number of rotatable bonds is 11. The molecule has 1 aliphatic rings. The highest BCUT2D eigenvalue weighted by Gasteiger charge is 2.42. The summed E-state index contributed by atoms with van der Waals surface area (Å²) in [5.74, 6) is -5.29. The second-order valence-electron chi connectivity index (χ2n) is 11.1. The van der Waals surface area contributed by atoms with Crippen molar-refractivity contribution in [3.05, 3.63) is 113 Å². The first-order valence-corrected chi connectivity index (χ1v) is 14.7. The van der Waals surface area contributed by atoms with Crippen LogP contribution in [0, 0.1) is 29.2 Å². The van der Waals surface area contributed by atoms with Gasteiger partial charge in [-0.1, -0.05) is 56.5 Å². The van der Waals surface area contributed by atoms with Crippen LogP contribution in [0.25, 0.3) is 22.3 Å². The summed E-state index contributed by atoms with van der Waals surface area (Å²) >= 11 is 0. The van der Waals surface area contributed by atoms with E-state index in [9.17, 15) is 26.3 Å². The van der Waals surface area contributed by atoms with Crippen LogP contribution in [0.1, 0.15) is 62.0 Å². The Hall–Kier alpha value is -3.96. The summed E-state index contributed by atoms with van der Waals surface area (Å²) in [6, 6.07) is 13.2. The van der Waals surface area contributed by atoms with Crippen molar-refractivity contribution in [1.29, 1.82) is 0 Å². The zero-order valence-corrected chi connectivity index (χ0v) is 24.7. The van der Waals surface area contributed by atoms with Crippen molar-refractivity contribution in [3.8, 4) is 28.0 Å². The standard InChI is InChI=1S/C35H30F8O3/c1-2-3-4-5-20-18-44-34(45-19-20)24-16-30(38)32(31(39)17-24)35(42,43)46-25-10-6-21(7-11-25)22-8-12-26(28(36)14-22)23-9-13-27(33(40)41)29(37)15-23/h6-17,20,33-34H,2-5,18-19H2,1H3. The first-order chi connectivity index (χ1) is 22.0. The maximum Gasteiger partial charge on any atom is 0.432 e. The SMILES string of the molecule is CCCCCC1COC(c2cc(F)c(C(F)(F)Oc3ccc(-c4ccc(-c5ccc(C(F)F)c(F)c5)c(F)c4)cc3)c(F)c2)OC1. The third-order valence-electron chi connectivity index (χ3n) is 7.76. The second kappa shape index (κ2) is 14.2. The van der Waals surface area contributed by atoms with Crippen LogP contribution in [0.5, 0.6) is 5.75 Å². The van der Waals surface area contributed by atoms with Crippen molar-refractivity contribution in [1.82, 2.24) is 0 Å². The molecule has 1 saturated heterocycles. The topological polar surface area (TPSA) is 27.7 Å². The van der Waals surface area contributed by atoms with Crippen molar-refractivity contribution < 1.29 is 49.3 Å². The Kier molecular flexibility index (Phi) is 10.3. The summed E-state index contributed by atoms with van der Waals surface area (Å²) < 4.78 is 130. The fourth-order valence-electron chi connectivity index (χ4n) is 5.31. The van der Waals surface area contributed by atoms with Crippen LogP contribution in [-0.4, -0.2) is 13.2 Å². The van der Waals surface area contributed by atoms with E-state index >= 15 is 8.78 Å². The molecule has 46 heavy (non-hydrogen) atoms. The van der Waals surface area contributed by atoms with Gasteiger partial charge in [-0.05, 0) is 65.6 Å². The molecule has 0 bridgehead atoms. The largest absolute Gasteiger partial charge is 0.432 e. The van der Waals surface area contributed by atoms with Crippen LogP contribution < -0.4 is 4.74 Å². The van der Waals surface area contributed by atoms with Gasteiger partial charge in [0.1, 0.15) is 34.6 Å². The van der Waals surface area contributed by atoms with E-state index in [1.165, 1.54) is 30.3 Å². The summed E-state index contributed by atoms with van der Waals surface area (Å²) in [7, 11) is 0. The Bertz CT molecular complexity index is 1630. The maximum absolute atomic E-state index is 15.0. The molecule has 1 heterocycles. The lowest BCUT2D eigenvalue weighted by Crippen LogP contribution is -2.28. The molecule has 0 unspecified atom stereocenters. The van der Waals surface area contributed by atoms with E-state index in [1.54, 1.807) is 0 Å². The van der Waals surface area contributed by atoms with Gasteiger partial charge < -0.3 is 14.2 Å². The Labute approximate surface area is 260 Å². The fraction of sp³-hybridized carbons (Fsp3) is 0.314. The minimum absolute atomic E-state index is 0.0358. The third-order valence-corrected chi connectivity index (χ3v) is 7.76. The molecule has 0 amide bonds. The lowest BCUT2D eigenvalue weighted by molar-refractivity contribution is -0.206. The summed E-state index contributed by atoms with van der Waals surface area (Å²) in [6.45, 7) is 2.73. The highest BCUT2D eigenvalue weighted by atomic mass is 19.3. The molecule has 4 aromatic rings. The van der Waals surface area contributed by atoms with Crippen LogP contribution in [0.4, 0.5) is 35.1 Å². The van der Waals surface area contributed by atoms with E-state index in [-0.39, 0.29) is 22.6 Å². The molecule has 244 valence electrons. The van der Waals surface area contributed by atoms with E-state index in [4.69, 9.17) is 9.47 Å². The van der Waals surface area contributed by atoms with E-state index < -0.39 is 59.0 Å². The second-order valence-corrected chi connectivity index (χ2v) is 11.1. The van der Waals surface area contributed by atoms with Crippen LogP contribution in [0.2, 0.25) is 0 Å². The number of halogens is 8. The first kappa shape index (κ1) is 33.4. The normalized spacial score (nSPS) is 17.0. The van der Waals surface area contributed by atoms with Crippen molar-refractivity contribution >= 4 is 0 Å². The smallest absolute Gasteiger partial charge is 0.429 e. The number of alkyl halides is 4. The molecule has 1 fully saturated rings. The molecule has 5 rings (SSSR count). The van der Waals surface area contributed by atoms with Crippen LogP contribution in [0.3, 0.4) is 0 Å². The average molecular weight is 651 g/mol.